The average Bonchev–Trinajstić information content (AvgIpc) is 2.61. The summed E-state index contributed by atoms with van der Waals surface area (Å²) in [7, 11) is 1.68. The van der Waals surface area contributed by atoms with E-state index in [1.165, 1.54) is 5.69 Å². The molecule has 1 fully saturated rings. The zero-order valence-corrected chi connectivity index (χ0v) is 13.5. The van der Waals surface area contributed by atoms with Crippen molar-refractivity contribution in [1.29, 1.82) is 5.26 Å². The Morgan fingerprint density at radius 3 is 2.08 bits per heavy atom. The number of benzene rings is 1. The van der Waals surface area contributed by atoms with Gasteiger partial charge in [-0.3, -0.25) is 4.90 Å². The molecule has 0 atom stereocenters. The van der Waals surface area contributed by atoms with Crippen LogP contribution in [0.2, 0.25) is 0 Å². The molecule has 0 amide bonds. The van der Waals surface area contributed by atoms with Crippen molar-refractivity contribution in [1.82, 2.24) is 4.90 Å². The Balaban J connectivity index is 0.000000413. The van der Waals surface area contributed by atoms with Crippen LogP contribution in [0, 0.1) is 11.3 Å². The van der Waals surface area contributed by atoms with E-state index < -0.39 is 11.9 Å². The van der Waals surface area contributed by atoms with Crippen LogP contribution in [-0.2, 0) is 9.59 Å². The van der Waals surface area contributed by atoms with E-state index >= 15 is 0 Å². The number of anilines is 1. The first-order valence-electron chi connectivity index (χ1n) is 7.42. The summed E-state index contributed by atoms with van der Waals surface area (Å²) in [5.74, 6) is -2.75. The van der Waals surface area contributed by atoms with E-state index in [-0.39, 0.29) is 0 Å². The molecule has 1 saturated heterocycles. The second-order valence-electron chi connectivity index (χ2n) is 5.05. The second-order valence-corrected chi connectivity index (χ2v) is 5.05. The summed E-state index contributed by atoms with van der Waals surface area (Å²) in [6.45, 7) is 5.02. The van der Waals surface area contributed by atoms with Crippen molar-refractivity contribution < 1.29 is 24.5 Å². The summed E-state index contributed by atoms with van der Waals surface area (Å²) in [5.41, 5.74) is 1.25. The summed E-state index contributed by atoms with van der Waals surface area (Å²) in [5, 5.41) is 23.4. The largest absolute Gasteiger partial charge is 0.497 e. The van der Waals surface area contributed by atoms with Crippen LogP contribution >= 0.6 is 0 Å². The van der Waals surface area contributed by atoms with Crippen molar-refractivity contribution in [2.45, 2.75) is 6.42 Å². The van der Waals surface area contributed by atoms with Crippen LogP contribution in [0.5, 0.6) is 5.75 Å². The van der Waals surface area contributed by atoms with Crippen LogP contribution in [0.25, 0.3) is 0 Å². The van der Waals surface area contributed by atoms with Crippen molar-refractivity contribution in [3.8, 4) is 11.8 Å². The minimum Gasteiger partial charge on any atom is -0.497 e. The fourth-order valence-corrected chi connectivity index (χ4v) is 2.23. The maximum absolute atomic E-state index is 9.10. The van der Waals surface area contributed by atoms with E-state index in [0.717, 1.165) is 38.5 Å². The number of hydrogen-bond acceptors (Lipinski definition) is 6. The van der Waals surface area contributed by atoms with Gasteiger partial charge in [-0.1, -0.05) is 0 Å². The highest BCUT2D eigenvalue weighted by atomic mass is 16.5. The fourth-order valence-electron chi connectivity index (χ4n) is 2.23. The molecular weight excluding hydrogens is 314 g/mol. The van der Waals surface area contributed by atoms with E-state index in [1.54, 1.807) is 7.11 Å². The molecule has 8 nitrogen and oxygen atoms in total. The number of carboxylic acids is 2. The quantitative estimate of drug-likeness (QED) is 0.780. The van der Waals surface area contributed by atoms with Crippen LogP contribution < -0.4 is 9.64 Å². The molecule has 8 heteroatoms. The number of methoxy groups -OCH3 is 1. The van der Waals surface area contributed by atoms with Gasteiger partial charge in [-0.2, -0.15) is 5.26 Å². The van der Waals surface area contributed by atoms with Crippen LogP contribution in [-0.4, -0.2) is 66.9 Å². The van der Waals surface area contributed by atoms with Gasteiger partial charge in [0.25, 0.3) is 0 Å². The minimum absolute atomic E-state index is 0.628. The normalized spacial score (nSPS) is 14.1. The monoisotopic (exact) mass is 335 g/mol. The molecule has 0 bridgehead atoms. The van der Waals surface area contributed by atoms with E-state index in [1.807, 2.05) is 12.1 Å². The van der Waals surface area contributed by atoms with Gasteiger partial charge in [-0.15, -0.1) is 0 Å². The topological polar surface area (TPSA) is 114 Å². The summed E-state index contributed by atoms with van der Waals surface area (Å²) >= 11 is 0. The molecule has 0 aromatic heterocycles. The molecule has 0 radical (unpaired) electrons. The molecule has 2 rings (SSSR count). The van der Waals surface area contributed by atoms with E-state index in [4.69, 9.17) is 29.8 Å². The highest BCUT2D eigenvalue weighted by Gasteiger charge is 2.16. The molecule has 0 aliphatic carbocycles. The standard InChI is InChI=1S/C14H19N3O.C2H2O4/c1-18-14-5-3-13(4-6-14)17-11-9-16(10-12-17)8-2-7-15;3-1(4)2(5)6/h3-6H,2,8-12H2,1H3;(H,3,4)(H,5,6). The Hall–Kier alpha value is -2.79. The molecule has 0 unspecified atom stereocenters. The van der Waals surface area contributed by atoms with Crippen molar-refractivity contribution in [2.75, 3.05) is 44.7 Å². The van der Waals surface area contributed by atoms with Crippen molar-refractivity contribution in [3.05, 3.63) is 24.3 Å². The zero-order chi connectivity index (χ0) is 17.9. The number of nitriles is 1. The van der Waals surface area contributed by atoms with E-state index in [2.05, 4.69) is 28.0 Å². The molecule has 1 aromatic carbocycles. The van der Waals surface area contributed by atoms with Crippen LogP contribution in [0.15, 0.2) is 24.3 Å². The molecule has 0 spiro atoms. The van der Waals surface area contributed by atoms with Gasteiger partial charge >= 0.3 is 11.9 Å². The highest BCUT2D eigenvalue weighted by Crippen LogP contribution is 2.20. The lowest BCUT2D eigenvalue weighted by Crippen LogP contribution is -2.46. The predicted octanol–water partition coefficient (Wildman–Crippen LogP) is 0.886. The van der Waals surface area contributed by atoms with Gasteiger partial charge in [0, 0.05) is 44.8 Å². The van der Waals surface area contributed by atoms with Gasteiger partial charge in [0.15, 0.2) is 0 Å². The van der Waals surface area contributed by atoms with Gasteiger partial charge in [0.05, 0.1) is 13.2 Å². The lowest BCUT2D eigenvalue weighted by Gasteiger charge is -2.35. The van der Waals surface area contributed by atoms with Gasteiger partial charge in [0.1, 0.15) is 5.75 Å². The van der Waals surface area contributed by atoms with E-state index in [9.17, 15) is 0 Å². The first-order valence-corrected chi connectivity index (χ1v) is 7.42. The molecular formula is C16H21N3O5. The molecule has 1 aliphatic heterocycles. The molecule has 1 aliphatic rings. The summed E-state index contributed by atoms with van der Waals surface area (Å²) in [6.07, 6.45) is 0.628. The first-order chi connectivity index (χ1) is 11.5. The SMILES string of the molecule is COc1ccc(N2CCN(CCC#N)CC2)cc1.O=C(O)C(=O)O. The Morgan fingerprint density at radius 2 is 1.67 bits per heavy atom. The average molecular weight is 335 g/mol. The number of carbonyl (C=O) groups is 2. The Morgan fingerprint density at radius 1 is 1.12 bits per heavy atom. The second kappa shape index (κ2) is 10.1. The molecule has 24 heavy (non-hydrogen) atoms. The number of ether oxygens (including phenoxy) is 1. The Bertz CT molecular complexity index is 562. The zero-order valence-electron chi connectivity index (χ0n) is 13.5. The molecule has 1 heterocycles. The molecule has 0 saturated carbocycles. The maximum Gasteiger partial charge on any atom is 0.414 e. The van der Waals surface area contributed by atoms with Crippen molar-refractivity contribution in [3.63, 3.8) is 0 Å². The summed E-state index contributed by atoms with van der Waals surface area (Å²) in [4.78, 5) is 22.9. The summed E-state index contributed by atoms with van der Waals surface area (Å²) in [6, 6.07) is 10.4. The smallest absolute Gasteiger partial charge is 0.414 e. The fraction of sp³-hybridized carbons (Fsp3) is 0.438. The molecule has 1 aromatic rings. The number of nitrogens with zero attached hydrogens (tertiary/aromatic N) is 3. The van der Waals surface area contributed by atoms with Crippen LogP contribution in [0.1, 0.15) is 6.42 Å². The molecule has 130 valence electrons. The van der Waals surface area contributed by atoms with Crippen molar-refractivity contribution in [2.24, 2.45) is 0 Å². The number of hydrogen-bond donors (Lipinski definition) is 2. The van der Waals surface area contributed by atoms with Crippen LogP contribution in [0.3, 0.4) is 0 Å². The lowest BCUT2D eigenvalue weighted by atomic mass is 10.2. The maximum atomic E-state index is 9.10. The first kappa shape index (κ1) is 19.3. The minimum atomic E-state index is -1.82. The van der Waals surface area contributed by atoms with Crippen LogP contribution in [0.4, 0.5) is 5.69 Å². The Labute approximate surface area is 140 Å². The van der Waals surface area contributed by atoms with E-state index in [0.29, 0.717) is 6.42 Å². The van der Waals surface area contributed by atoms with Gasteiger partial charge in [-0.25, -0.2) is 9.59 Å². The van der Waals surface area contributed by atoms with Gasteiger partial charge in [0.2, 0.25) is 0 Å². The van der Waals surface area contributed by atoms with Gasteiger partial charge in [-0.05, 0) is 24.3 Å². The highest BCUT2D eigenvalue weighted by molar-refractivity contribution is 6.27. The number of carboxylic acid groups (broad SMARTS) is 2. The Kier molecular flexibility index (Phi) is 8.08. The molecule has 2 N–H and O–H groups in total. The predicted molar refractivity (Wildman–Crippen MR) is 87.1 cm³/mol. The van der Waals surface area contributed by atoms with Gasteiger partial charge < -0.3 is 19.8 Å². The number of aliphatic carboxylic acids is 2. The third-order valence-electron chi connectivity index (χ3n) is 3.53. The summed E-state index contributed by atoms with van der Waals surface area (Å²) < 4.78 is 5.16. The number of piperazine rings is 1. The third-order valence-corrected chi connectivity index (χ3v) is 3.53. The van der Waals surface area contributed by atoms with Crippen molar-refractivity contribution >= 4 is 17.6 Å². The third kappa shape index (κ3) is 6.54. The number of rotatable bonds is 4. The lowest BCUT2D eigenvalue weighted by molar-refractivity contribution is -0.159.